The van der Waals surface area contributed by atoms with E-state index in [9.17, 15) is 13.6 Å². The molecule has 0 radical (unpaired) electrons. The first kappa shape index (κ1) is 16.9. The zero-order valence-corrected chi connectivity index (χ0v) is 15.1. The summed E-state index contributed by atoms with van der Waals surface area (Å²) in [7, 11) is 0. The number of nitrogens with one attached hydrogen (secondary N) is 1. The Bertz CT molecular complexity index is 1270. The van der Waals surface area contributed by atoms with E-state index in [1.54, 1.807) is 41.1 Å². The quantitative estimate of drug-likeness (QED) is 0.585. The fourth-order valence-corrected chi connectivity index (χ4v) is 3.37. The first-order valence-electron chi connectivity index (χ1n) is 9.06. The Labute approximate surface area is 158 Å². The minimum Gasteiger partial charge on any atom is -0.367 e. The van der Waals surface area contributed by atoms with Crippen LogP contribution in [0.2, 0.25) is 0 Å². The van der Waals surface area contributed by atoms with Crippen molar-refractivity contribution in [3.63, 3.8) is 0 Å². The highest BCUT2D eigenvalue weighted by Crippen LogP contribution is 2.33. The summed E-state index contributed by atoms with van der Waals surface area (Å²) in [5.74, 6) is -2.10. The second-order valence-corrected chi connectivity index (χ2v) is 7.16. The molecule has 0 bridgehead atoms. The highest BCUT2D eigenvalue weighted by molar-refractivity contribution is 5.91. The van der Waals surface area contributed by atoms with Crippen LogP contribution >= 0.6 is 0 Å². The third-order valence-corrected chi connectivity index (χ3v) is 4.95. The molecule has 0 saturated heterocycles. The van der Waals surface area contributed by atoms with Gasteiger partial charge in [-0.2, -0.15) is 4.98 Å². The van der Waals surface area contributed by atoms with Crippen molar-refractivity contribution < 1.29 is 8.78 Å². The van der Waals surface area contributed by atoms with Crippen molar-refractivity contribution in [1.82, 2.24) is 18.9 Å². The molecule has 1 N–H and O–H groups in total. The van der Waals surface area contributed by atoms with E-state index in [4.69, 9.17) is 0 Å². The lowest BCUT2D eigenvalue weighted by Gasteiger charge is -2.17. The SMILES string of the molecule is CC(F)(F)c1ccc2c(NC3CC3)nc(=O)n(-c3cccc4nccn34)c2c1. The Morgan fingerprint density at radius 3 is 2.79 bits per heavy atom. The molecule has 0 unspecified atom stereocenters. The molecule has 142 valence electrons. The Hall–Kier alpha value is -3.29. The molecule has 1 aliphatic carbocycles. The number of nitrogens with zero attached hydrogens (tertiary/aromatic N) is 4. The molecule has 5 rings (SSSR count). The van der Waals surface area contributed by atoms with Gasteiger partial charge in [-0.25, -0.2) is 23.1 Å². The zero-order valence-electron chi connectivity index (χ0n) is 15.1. The number of fused-ring (bicyclic) bond motifs is 2. The van der Waals surface area contributed by atoms with Gasteiger partial charge in [0.2, 0.25) is 0 Å². The van der Waals surface area contributed by atoms with Crippen molar-refractivity contribution in [1.29, 1.82) is 0 Å². The number of benzene rings is 1. The van der Waals surface area contributed by atoms with Crippen LogP contribution < -0.4 is 11.0 Å². The van der Waals surface area contributed by atoms with E-state index in [0.29, 0.717) is 28.2 Å². The highest BCUT2D eigenvalue weighted by atomic mass is 19.3. The minimum absolute atomic E-state index is 0.158. The molecular weight excluding hydrogens is 364 g/mol. The summed E-state index contributed by atoms with van der Waals surface area (Å²) in [6, 6.07) is 9.94. The third kappa shape index (κ3) is 2.72. The van der Waals surface area contributed by atoms with E-state index in [2.05, 4.69) is 15.3 Å². The number of anilines is 1. The normalized spacial score (nSPS) is 14.7. The molecule has 3 heterocycles. The maximum absolute atomic E-state index is 14.0. The second kappa shape index (κ2) is 5.85. The molecule has 6 nitrogen and oxygen atoms in total. The third-order valence-electron chi connectivity index (χ3n) is 4.95. The molecule has 3 aromatic heterocycles. The standard InChI is InChI=1S/C20H17F2N5O/c1-20(21,22)12-5-8-14-15(11-12)27(19(28)25-18(14)24-13-6-7-13)17-4-2-3-16-23-9-10-26(16)17/h2-5,8-11,13H,6-7H2,1H3,(H,24,25,28). The number of rotatable bonds is 4. The van der Waals surface area contributed by atoms with Crippen LogP contribution in [0, 0.1) is 0 Å². The first-order valence-corrected chi connectivity index (χ1v) is 9.06. The smallest absolute Gasteiger partial charge is 0.355 e. The number of aromatic nitrogens is 4. The predicted molar refractivity (Wildman–Crippen MR) is 102 cm³/mol. The molecule has 1 saturated carbocycles. The van der Waals surface area contributed by atoms with Crippen molar-refractivity contribution in [3.05, 3.63) is 64.8 Å². The summed E-state index contributed by atoms with van der Waals surface area (Å²) < 4.78 is 31.1. The van der Waals surface area contributed by atoms with Gasteiger partial charge in [0.05, 0.1) is 5.52 Å². The molecule has 1 aromatic carbocycles. The van der Waals surface area contributed by atoms with Crippen LogP contribution in [-0.4, -0.2) is 25.0 Å². The van der Waals surface area contributed by atoms with E-state index >= 15 is 0 Å². The van der Waals surface area contributed by atoms with Gasteiger partial charge in [0.25, 0.3) is 5.92 Å². The summed E-state index contributed by atoms with van der Waals surface area (Å²) in [6.07, 6.45) is 5.35. The van der Waals surface area contributed by atoms with Gasteiger partial charge in [-0.1, -0.05) is 12.1 Å². The van der Waals surface area contributed by atoms with Gasteiger partial charge in [0.15, 0.2) is 0 Å². The van der Waals surface area contributed by atoms with Crippen molar-refractivity contribution in [3.8, 4) is 5.82 Å². The zero-order chi connectivity index (χ0) is 19.5. The van der Waals surface area contributed by atoms with E-state index in [1.165, 1.54) is 16.7 Å². The molecule has 28 heavy (non-hydrogen) atoms. The number of hydrogen-bond acceptors (Lipinski definition) is 4. The van der Waals surface area contributed by atoms with Gasteiger partial charge in [-0.15, -0.1) is 0 Å². The van der Waals surface area contributed by atoms with Crippen LogP contribution in [0.1, 0.15) is 25.3 Å². The van der Waals surface area contributed by atoms with Crippen LogP contribution in [0.4, 0.5) is 14.6 Å². The van der Waals surface area contributed by atoms with Gasteiger partial charge >= 0.3 is 5.69 Å². The van der Waals surface area contributed by atoms with Crippen LogP contribution in [0.25, 0.3) is 22.4 Å². The Kier molecular flexibility index (Phi) is 3.52. The van der Waals surface area contributed by atoms with Crippen molar-refractivity contribution >= 4 is 22.4 Å². The molecule has 0 spiro atoms. The Morgan fingerprint density at radius 2 is 2.04 bits per heavy atom. The van der Waals surface area contributed by atoms with Crippen molar-refractivity contribution in [2.75, 3.05) is 5.32 Å². The van der Waals surface area contributed by atoms with Gasteiger partial charge in [0.1, 0.15) is 17.3 Å². The summed E-state index contributed by atoms with van der Waals surface area (Å²) in [4.78, 5) is 21.4. The van der Waals surface area contributed by atoms with Gasteiger partial charge in [-0.3, -0.25) is 4.40 Å². The minimum atomic E-state index is -3.02. The summed E-state index contributed by atoms with van der Waals surface area (Å²) in [5, 5.41) is 3.86. The molecular formula is C20H17F2N5O. The van der Waals surface area contributed by atoms with Crippen LogP contribution in [0.15, 0.2) is 53.6 Å². The van der Waals surface area contributed by atoms with E-state index in [1.807, 2.05) is 0 Å². The van der Waals surface area contributed by atoms with E-state index in [-0.39, 0.29) is 11.6 Å². The lowest BCUT2D eigenvalue weighted by atomic mass is 10.1. The van der Waals surface area contributed by atoms with E-state index in [0.717, 1.165) is 19.8 Å². The number of alkyl halides is 2. The number of pyridine rings is 1. The summed E-state index contributed by atoms with van der Waals surface area (Å²) >= 11 is 0. The Morgan fingerprint density at radius 1 is 1.21 bits per heavy atom. The van der Waals surface area contributed by atoms with Crippen molar-refractivity contribution in [2.45, 2.75) is 31.7 Å². The van der Waals surface area contributed by atoms with Crippen molar-refractivity contribution in [2.24, 2.45) is 0 Å². The predicted octanol–water partition coefficient (Wildman–Crippen LogP) is 3.72. The molecule has 0 atom stereocenters. The average Bonchev–Trinajstić information content (AvgIpc) is 3.33. The maximum atomic E-state index is 14.0. The fourth-order valence-electron chi connectivity index (χ4n) is 3.37. The molecule has 1 fully saturated rings. The topological polar surface area (TPSA) is 64.2 Å². The largest absolute Gasteiger partial charge is 0.367 e. The number of hydrogen-bond donors (Lipinski definition) is 1. The molecule has 4 aromatic rings. The lowest BCUT2D eigenvalue weighted by molar-refractivity contribution is 0.0176. The highest BCUT2D eigenvalue weighted by Gasteiger charge is 2.27. The van der Waals surface area contributed by atoms with Crippen LogP contribution in [-0.2, 0) is 5.92 Å². The van der Waals surface area contributed by atoms with Gasteiger partial charge in [0, 0.05) is 36.3 Å². The van der Waals surface area contributed by atoms with Gasteiger partial charge in [-0.05, 0) is 37.1 Å². The average molecular weight is 381 g/mol. The molecule has 0 aliphatic heterocycles. The van der Waals surface area contributed by atoms with Gasteiger partial charge < -0.3 is 5.32 Å². The van der Waals surface area contributed by atoms with Crippen LogP contribution in [0.3, 0.4) is 0 Å². The Balaban J connectivity index is 1.86. The molecule has 8 heteroatoms. The monoisotopic (exact) mass is 381 g/mol. The fraction of sp³-hybridized carbons (Fsp3) is 0.250. The first-order chi connectivity index (χ1) is 13.4. The molecule has 0 amide bonds. The van der Waals surface area contributed by atoms with E-state index < -0.39 is 11.6 Å². The second-order valence-electron chi connectivity index (χ2n) is 7.16. The lowest BCUT2D eigenvalue weighted by Crippen LogP contribution is -2.25. The maximum Gasteiger partial charge on any atom is 0.355 e. The number of halogens is 2. The molecule has 1 aliphatic rings. The summed E-state index contributed by atoms with van der Waals surface area (Å²) in [5.41, 5.74) is 0.334. The van der Waals surface area contributed by atoms with Crippen LogP contribution in [0.5, 0.6) is 0 Å². The number of imidazole rings is 1. The summed E-state index contributed by atoms with van der Waals surface area (Å²) in [6.45, 7) is 0.845.